The first-order valence-electron chi connectivity index (χ1n) is 8.07. The average Bonchev–Trinajstić information content (AvgIpc) is 3.01. The third-order valence-electron chi connectivity index (χ3n) is 4.04. The van der Waals surface area contributed by atoms with Crippen molar-refractivity contribution in [3.63, 3.8) is 0 Å². The summed E-state index contributed by atoms with van der Waals surface area (Å²) in [6, 6.07) is 9.92. The lowest BCUT2D eigenvalue weighted by Crippen LogP contribution is -2.22. The van der Waals surface area contributed by atoms with E-state index >= 15 is 0 Å². The van der Waals surface area contributed by atoms with Gasteiger partial charge in [0.15, 0.2) is 5.69 Å². The minimum atomic E-state index is -4.93. The molecule has 150 valence electrons. The molecule has 0 atom stereocenters. The monoisotopic (exact) mass is 424 g/mol. The summed E-state index contributed by atoms with van der Waals surface area (Å²) in [6.07, 6.45) is -4.93. The molecule has 7 nitrogen and oxygen atoms in total. The van der Waals surface area contributed by atoms with Crippen molar-refractivity contribution in [3.05, 3.63) is 75.1 Å². The highest BCUT2D eigenvalue weighted by molar-refractivity contribution is 6.30. The van der Waals surface area contributed by atoms with Crippen molar-refractivity contribution in [2.24, 2.45) is 0 Å². The van der Waals surface area contributed by atoms with E-state index in [1.54, 1.807) is 0 Å². The number of halogens is 4. The molecule has 0 fully saturated rings. The van der Waals surface area contributed by atoms with Crippen LogP contribution in [0.1, 0.15) is 11.4 Å². The Bertz CT molecular complexity index is 1090. The molecule has 0 aliphatic carbocycles. The number of carbonyl (C=O) groups is 1. The van der Waals surface area contributed by atoms with Crippen molar-refractivity contribution in [1.82, 2.24) is 9.78 Å². The van der Waals surface area contributed by atoms with Gasteiger partial charge in [0.05, 0.1) is 16.2 Å². The zero-order chi connectivity index (χ0) is 21.3. The van der Waals surface area contributed by atoms with Crippen LogP contribution in [0.5, 0.6) is 0 Å². The average molecular weight is 425 g/mol. The van der Waals surface area contributed by atoms with Crippen molar-refractivity contribution in [3.8, 4) is 11.1 Å². The van der Waals surface area contributed by atoms with Crippen LogP contribution in [0.25, 0.3) is 11.1 Å². The number of alkyl halides is 3. The number of hydrogen-bond donors (Lipinski definition) is 1. The van der Waals surface area contributed by atoms with Gasteiger partial charge in [-0.3, -0.25) is 10.1 Å². The Labute approximate surface area is 166 Å². The number of anilines is 1. The number of rotatable bonds is 3. The molecule has 29 heavy (non-hydrogen) atoms. The van der Waals surface area contributed by atoms with E-state index < -0.39 is 34.1 Å². The van der Waals surface area contributed by atoms with E-state index in [9.17, 15) is 28.1 Å². The summed E-state index contributed by atoms with van der Waals surface area (Å²) in [7, 11) is 0. The van der Waals surface area contributed by atoms with Crippen LogP contribution >= 0.6 is 11.6 Å². The fourth-order valence-corrected chi connectivity index (χ4v) is 2.90. The van der Waals surface area contributed by atoms with Gasteiger partial charge in [-0.1, -0.05) is 23.7 Å². The number of para-hydroxylation sites is 1. The molecular weight excluding hydrogens is 413 g/mol. The lowest BCUT2D eigenvalue weighted by atomic mass is 10.0. The van der Waals surface area contributed by atoms with Gasteiger partial charge in [-0.2, -0.15) is 23.0 Å². The fraction of sp³-hybridized carbons (Fsp3) is 0.111. The van der Waals surface area contributed by atoms with Gasteiger partial charge in [0.1, 0.15) is 0 Å². The zero-order valence-electron chi connectivity index (χ0n) is 14.7. The predicted octanol–water partition coefficient (Wildman–Crippen LogP) is 5.52. The van der Waals surface area contributed by atoms with Crippen molar-refractivity contribution in [2.75, 3.05) is 5.32 Å². The molecule has 0 unspecified atom stereocenters. The number of aromatic nitrogens is 2. The minimum absolute atomic E-state index is 0.196. The summed E-state index contributed by atoms with van der Waals surface area (Å²) >= 11 is 5.76. The van der Waals surface area contributed by atoms with E-state index in [-0.39, 0.29) is 16.9 Å². The highest BCUT2D eigenvalue weighted by atomic mass is 35.5. The smallest absolute Gasteiger partial charge is 0.306 e. The van der Waals surface area contributed by atoms with Gasteiger partial charge in [0.25, 0.3) is 5.69 Å². The first kappa shape index (κ1) is 20.3. The number of carbonyl (C=O) groups excluding carboxylic acids is 1. The van der Waals surface area contributed by atoms with Crippen LogP contribution in [0.2, 0.25) is 5.02 Å². The Morgan fingerprint density at radius 2 is 1.79 bits per heavy atom. The van der Waals surface area contributed by atoms with Crippen molar-refractivity contribution in [2.45, 2.75) is 13.1 Å². The number of nitro groups is 1. The fourth-order valence-electron chi connectivity index (χ4n) is 2.77. The maximum Gasteiger partial charge on any atom is 0.435 e. The van der Waals surface area contributed by atoms with E-state index in [0.29, 0.717) is 9.70 Å². The molecule has 0 spiro atoms. The normalized spacial score (nSPS) is 11.3. The summed E-state index contributed by atoms with van der Waals surface area (Å²) in [4.78, 5) is 23.0. The largest absolute Gasteiger partial charge is 0.435 e. The molecule has 2 aromatic carbocycles. The molecule has 0 saturated heterocycles. The van der Waals surface area contributed by atoms with Crippen LogP contribution in [0.4, 0.5) is 29.3 Å². The molecular formula is C18H12ClF3N4O3. The lowest BCUT2D eigenvalue weighted by Gasteiger charge is -2.08. The van der Waals surface area contributed by atoms with E-state index in [1.807, 2.05) is 0 Å². The Morgan fingerprint density at radius 3 is 2.38 bits per heavy atom. The Hall–Kier alpha value is -3.40. The maximum atomic E-state index is 13.6. The van der Waals surface area contributed by atoms with Gasteiger partial charge in [0, 0.05) is 22.3 Å². The van der Waals surface area contributed by atoms with Gasteiger partial charge in [-0.05, 0) is 37.3 Å². The van der Waals surface area contributed by atoms with Crippen molar-refractivity contribution >= 4 is 29.0 Å². The van der Waals surface area contributed by atoms with Crippen LogP contribution < -0.4 is 5.32 Å². The lowest BCUT2D eigenvalue weighted by molar-refractivity contribution is -0.384. The summed E-state index contributed by atoms with van der Waals surface area (Å²) in [5.41, 5.74) is -2.65. The van der Waals surface area contributed by atoms with Gasteiger partial charge in [-0.15, -0.1) is 0 Å². The Morgan fingerprint density at radius 1 is 1.17 bits per heavy atom. The first-order valence-corrected chi connectivity index (χ1v) is 8.45. The maximum absolute atomic E-state index is 13.6. The molecule has 0 saturated carbocycles. The number of amides is 1. The van der Waals surface area contributed by atoms with Crippen LogP contribution in [0.3, 0.4) is 0 Å². The number of nitrogens with one attached hydrogen (secondary N) is 1. The highest BCUT2D eigenvalue weighted by Crippen LogP contribution is 2.41. The second kappa shape index (κ2) is 7.55. The molecule has 0 aliphatic heterocycles. The molecule has 0 bridgehead atoms. The minimum Gasteiger partial charge on any atom is -0.306 e. The van der Waals surface area contributed by atoms with E-state index in [1.165, 1.54) is 49.4 Å². The van der Waals surface area contributed by atoms with Crippen LogP contribution in [0.15, 0.2) is 48.5 Å². The molecule has 1 heterocycles. The molecule has 0 radical (unpaired) electrons. The van der Waals surface area contributed by atoms with E-state index in [0.717, 1.165) is 6.07 Å². The third kappa shape index (κ3) is 4.06. The first-order chi connectivity index (χ1) is 13.6. The van der Waals surface area contributed by atoms with Gasteiger partial charge in [0.2, 0.25) is 0 Å². The van der Waals surface area contributed by atoms with Crippen LogP contribution in [-0.4, -0.2) is 20.7 Å². The van der Waals surface area contributed by atoms with Gasteiger partial charge < -0.3 is 5.32 Å². The Balaban J connectivity index is 2.13. The van der Waals surface area contributed by atoms with E-state index in [4.69, 9.17) is 11.6 Å². The summed E-state index contributed by atoms with van der Waals surface area (Å²) < 4.78 is 41.3. The SMILES string of the molecule is Cc1c(-c2ccccc2[N+](=O)[O-])c(C(F)(F)F)nn1C(=O)Nc1ccc(Cl)cc1. The topological polar surface area (TPSA) is 90.1 Å². The molecule has 11 heteroatoms. The second-order valence-electron chi connectivity index (χ2n) is 5.93. The van der Waals surface area contributed by atoms with Gasteiger partial charge >= 0.3 is 12.2 Å². The number of benzene rings is 2. The predicted molar refractivity (Wildman–Crippen MR) is 99.9 cm³/mol. The Kier molecular flexibility index (Phi) is 5.29. The second-order valence-corrected chi connectivity index (χ2v) is 6.37. The summed E-state index contributed by atoms with van der Waals surface area (Å²) in [5, 5.41) is 17.5. The number of nitro benzene ring substituents is 1. The number of nitrogens with zero attached hydrogens (tertiary/aromatic N) is 3. The van der Waals surface area contributed by atoms with Crippen LogP contribution in [0, 0.1) is 17.0 Å². The number of hydrogen-bond acceptors (Lipinski definition) is 4. The quantitative estimate of drug-likeness (QED) is 0.443. The molecule has 1 amide bonds. The summed E-state index contributed by atoms with van der Waals surface area (Å²) in [5.74, 6) is 0. The highest BCUT2D eigenvalue weighted by Gasteiger charge is 2.41. The zero-order valence-corrected chi connectivity index (χ0v) is 15.5. The molecule has 3 aromatic rings. The molecule has 1 aromatic heterocycles. The van der Waals surface area contributed by atoms with Crippen LogP contribution in [-0.2, 0) is 6.18 Å². The standard InChI is InChI=1S/C18H12ClF3N4O3/c1-10-15(13-4-2-3-5-14(13)26(28)29)16(18(20,21)22)24-25(10)17(27)23-12-8-6-11(19)7-9-12/h2-9H,1H3,(H,23,27). The van der Waals surface area contributed by atoms with E-state index in [2.05, 4.69) is 10.4 Å². The van der Waals surface area contributed by atoms with Crippen molar-refractivity contribution in [1.29, 1.82) is 0 Å². The molecule has 1 N–H and O–H groups in total. The molecule has 3 rings (SSSR count). The summed E-state index contributed by atoms with van der Waals surface area (Å²) in [6.45, 7) is 1.23. The van der Waals surface area contributed by atoms with Gasteiger partial charge in [-0.25, -0.2) is 4.79 Å². The molecule has 0 aliphatic rings. The van der Waals surface area contributed by atoms with Crippen molar-refractivity contribution < 1.29 is 22.9 Å². The third-order valence-corrected chi connectivity index (χ3v) is 4.29.